The average molecular weight is 235 g/mol. The molecular formula is C15H25NO. The summed E-state index contributed by atoms with van der Waals surface area (Å²) in [5, 5.41) is 13.3. The van der Waals surface area contributed by atoms with E-state index in [9.17, 15) is 5.11 Å². The van der Waals surface area contributed by atoms with E-state index in [1.54, 1.807) is 6.07 Å². The molecule has 1 aromatic carbocycles. The zero-order chi connectivity index (χ0) is 12.7. The molecule has 0 aliphatic heterocycles. The van der Waals surface area contributed by atoms with Gasteiger partial charge in [-0.05, 0) is 32.9 Å². The summed E-state index contributed by atoms with van der Waals surface area (Å²) in [4.78, 5) is 0. The first-order valence-corrected chi connectivity index (χ1v) is 6.68. The first kappa shape index (κ1) is 14.0. The Labute approximate surface area is 105 Å². The zero-order valence-electron chi connectivity index (χ0n) is 11.3. The van der Waals surface area contributed by atoms with Crippen LogP contribution in [0, 0.1) is 6.92 Å². The minimum Gasteiger partial charge on any atom is -0.508 e. The number of benzene rings is 1. The largest absolute Gasteiger partial charge is 0.508 e. The smallest absolute Gasteiger partial charge is 0.120 e. The molecule has 0 bridgehead atoms. The number of rotatable bonds is 7. The van der Waals surface area contributed by atoms with E-state index in [1.165, 1.54) is 31.2 Å². The van der Waals surface area contributed by atoms with Crippen molar-refractivity contribution in [1.82, 2.24) is 5.32 Å². The molecule has 0 saturated heterocycles. The van der Waals surface area contributed by atoms with E-state index in [0.29, 0.717) is 5.75 Å². The van der Waals surface area contributed by atoms with Crippen LogP contribution >= 0.6 is 0 Å². The number of aromatic hydroxyl groups is 1. The molecule has 0 aromatic heterocycles. The van der Waals surface area contributed by atoms with Gasteiger partial charge in [0.1, 0.15) is 5.75 Å². The van der Waals surface area contributed by atoms with Gasteiger partial charge in [0, 0.05) is 11.6 Å². The third-order valence-corrected chi connectivity index (χ3v) is 3.13. The van der Waals surface area contributed by atoms with Crippen molar-refractivity contribution in [3.63, 3.8) is 0 Å². The number of hydrogen-bond donors (Lipinski definition) is 2. The summed E-state index contributed by atoms with van der Waals surface area (Å²) in [5.74, 6) is 0.393. The molecule has 1 aromatic rings. The van der Waals surface area contributed by atoms with Crippen LogP contribution in [0.3, 0.4) is 0 Å². The SMILES string of the molecule is CCCCCCNC(C)c1cc(C)ccc1O. The molecule has 0 radical (unpaired) electrons. The predicted molar refractivity (Wildman–Crippen MR) is 73.4 cm³/mol. The Bertz CT molecular complexity index is 336. The van der Waals surface area contributed by atoms with E-state index in [0.717, 1.165) is 12.1 Å². The number of aryl methyl sites for hydroxylation is 1. The summed E-state index contributed by atoms with van der Waals surface area (Å²) in [7, 11) is 0. The van der Waals surface area contributed by atoms with Gasteiger partial charge in [0.25, 0.3) is 0 Å². The molecule has 2 nitrogen and oxygen atoms in total. The second-order valence-electron chi connectivity index (χ2n) is 4.80. The van der Waals surface area contributed by atoms with Gasteiger partial charge in [-0.1, -0.05) is 43.9 Å². The van der Waals surface area contributed by atoms with Gasteiger partial charge in [-0.25, -0.2) is 0 Å². The van der Waals surface area contributed by atoms with Crippen molar-refractivity contribution in [1.29, 1.82) is 0 Å². The second kappa shape index (κ2) is 7.33. The van der Waals surface area contributed by atoms with Crippen LogP contribution in [0.4, 0.5) is 0 Å². The normalized spacial score (nSPS) is 12.6. The highest BCUT2D eigenvalue weighted by Crippen LogP contribution is 2.24. The van der Waals surface area contributed by atoms with Gasteiger partial charge in [0.2, 0.25) is 0 Å². The molecule has 0 fully saturated rings. The zero-order valence-corrected chi connectivity index (χ0v) is 11.3. The Morgan fingerprint density at radius 2 is 2.00 bits per heavy atom. The first-order valence-electron chi connectivity index (χ1n) is 6.68. The Morgan fingerprint density at radius 1 is 1.24 bits per heavy atom. The third-order valence-electron chi connectivity index (χ3n) is 3.13. The van der Waals surface area contributed by atoms with E-state index in [-0.39, 0.29) is 6.04 Å². The highest BCUT2D eigenvalue weighted by molar-refractivity contribution is 5.37. The Hall–Kier alpha value is -1.02. The van der Waals surface area contributed by atoms with Gasteiger partial charge < -0.3 is 10.4 Å². The van der Waals surface area contributed by atoms with Crippen molar-refractivity contribution in [2.24, 2.45) is 0 Å². The fourth-order valence-electron chi connectivity index (χ4n) is 2.00. The molecular weight excluding hydrogens is 210 g/mol. The van der Waals surface area contributed by atoms with Crippen molar-refractivity contribution in [2.75, 3.05) is 6.54 Å². The molecule has 0 aliphatic rings. The second-order valence-corrected chi connectivity index (χ2v) is 4.80. The van der Waals surface area contributed by atoms with E-state index >= 15 is 0 Å². The van der Waals surface area contributed by atoms with Crippen LogP contribution in [0.15, 0.2) is 18.2 Å². The molecule has 0 heterocycles. The standard InChI is InChI=1S/C15H25NO/c1-4-5-6-7-10-16-13(3)14-11-12(2)8-9-15(14)17/h8-9,11,13,16-17H,4-7,10H2,1-3H3. The van der Waals surface area contributed by atoms with Crippen LogP contribution in [-0.2, 0) is 0 Å². The van der Waals surface area contributed by atoms with Crippen molar-refractivity contribution in [3.05, 3.63) is 29.3 Å². The van der Waals surface area contributed by atoms with Crippen LogP contribution in [0.5, 0.6) is 5.75 Å². The number of hydrogen-bond acceptors (Lipinski definition) is 2. The monoisotopic (exact) mass is 235 g/mol. The molecule has 0 saturated carbocycles. The molecule has 1 atom stereocenters. The number of unbranched alkanes of at least 4 members (excludes halogenated alkanes) is 3. The lowest BCUT2D eigenvalue weighted by molar-refractivity contribution is 0.450. The molecule has 0 aliphatic carbocycles. The summed E-state index contributed by atoms with van der Waals surface area (Å²) in [5.41, 5.74) is 2.19. The lowest BCUT2D eigenvalue weighted by Gasteiger charge is -2.16. The van der Waals surface area contributed by atoms with E-state index in [4.69, 9.17) is 0 Å². The van der Waals surface area contributed by atoms with Crippen LogP contribution < -0.4 is 5.32 Å². The average Bonchev–Trinajstić information content (AvgIpc) is 2.32. The van der Waals surface area contributed by atoms with Gasteiger partial charge in [-0.3, -0.25) is 0 Å². The van der Waals surface area contributed by atoms with Gasteiger partial charge in [0.05, 0.1) is 0 Å². The van der Waals surface area contributed by atoms with E-state index in [1.807, 2.05) is 6.07 Å². The lowest BCUT2D eigenvalue weighted by atomic mass is 10.0. The third kappa shape index (κ3) is 4.78. The van der Waals surface area contributed by atoms with Crippen molar-refractivity contribution in [3.8, 4) is 5.75 Å². The summed E-state index contributed by atoms with van der Waals surface area (Å²) < 4.78 is 0. The highest BCUT2D eigenvalue weighted by atomic mass is 16.3. The predicted octanol–water partition coefficient (Wildman–Crippen LogP) is 3.93. The summed E-state index contributed by atoms with van der Waals surface area (Å²) in [6.07, 6.45) is 5.08. The van der Waals surface area contributed by atoms with Crippen LogP contribution in [0.1, 0.15) is 56.7 Å². The minimum absolute atomic E-state index is 0.219. The lowest BCUT2D eigenvalue weighted by Crippen LogP contribution is -2.20. The van der Waals surface area contributed by atoms with Gasteiger partial charge in [-0.15, -0.1) is 0 Å². The number of phenols is 1. The maximum atomic E-state index is 9.81. The highest BCUT2D eigenvalue weighted by Gasteiger charge is 2.09. The van der Waals surface area contributed by atoms with Crippen molar-refractivity contribution >= 4 is 0 Å². The fraction of sp³-hybridized carbons (Fsp3) is 0.600. The molecule has 0 amide bonds. The Morgan fingerprint density at radius 3 is 2.71 bits per heavy atom. The maximum Gasteiger partial charge on any atom is 0.120 e. The topological polar surface area (TPSA) is 32.3 Å². The fourth-order valence-corrected chi connectivity index (χ4v) is 2.00. The van der Waals surface area contributed by atoms with Crippen LogP contribution in [-0.4, -0.2) is 11.7 Å². The Balaban J connectivity index is 2.41. The quantitative estimate of drug-likeness (QED) is 0.702. The molecule has 1 rings (SSSR count). The van der Waals surface area contributed by atoms with Crippen molar-refractivity contribution in [2.45, 2.75) is 52.5 Å². The van der Waals surface area contributed by atoms with Gasteiger partial charge >= 0.3 is 0 Å². The Kier molecular flexibility index (Phi) is 6.06. The van der Waals surface area contributed by atoms with E-state index in [2.05, 4.69) is 32.2 Å². The summed E-state index contributed by atoms with van der Waals surface area (Å²) in [6, 6.07) is 5.99. The molecule has 17 heavy (non-hydrogen) atoms. The van der Waals surface area contributed by atoms with E-state index < -0.39 is 0 Å². The van der Waals surface area contributed by atoms with Crippen LogP contribution in [0.25, 0.3) is 0 Å². The molecule has 96 valence electrons. The molecule has 2 N–H and O–H groups in total. The molecule has 0 spiro atoms. The van der Waals surface area contributed by atoms with Gasteiger partial charge in [0.15, 0.2) is 0 Å². The number of nitrogens with one attached hydrogen (secondary N) is 1. The molecule has 1 unspecified atom stereocenters. The maximum absolute atomic E-state index is 9.81. The first-order chi connectivity index (χ1) is 8.15. The number of phenolic OH excluding ortho intramolecular Hbond substituents is 1. The van der Waals surface area contributed by atoms with Crippen molar-refractivity contribution < 1.29 is 5.11 Å². The van der Waals surface area contributed by atoms with Gasteiger partial charge in [-0.2, -0.15) is 0 Å². The summed E-state index contributed by atoms with van der Waals surface area (Å²) >= 11 is 0. The summed E-state index contributed by atoms with van der Waals surface area (Å²) in [6.45, 7) is 7.40. The van der Waals surface area contributed by atoms with Crippen LogP contribution in [0.2, 0.25) is 0 Å². The molecule has 2 heteroatoms. The minimum atomic E-state index is 0.219.